The molecule has 2 aromatic carbocycles. The van der Waals surface area contributed by atoms with Crippen LogP contribution in [0.15, 0.2) is 36.4 Å². The number of benzene rings is 2. The van der Waals surface area contributed by atoms with Crippen molar-refractivity contribution < 1.29 is 14.2 Å². The molecule has 0 bridgehead atoms. The van der Waals surface area contributed by atoms with Crippen LogP contribution in [0.5, 0.6) is 11.5 Å². The topological polar surface area (TPSA) is 62.0 Å². The summed E-state index contributed by atoms with van der Waals surface area (Å²) in [6.45, 7) is 12.8. The molecule has 200 valence electrons. The van der Waals surface area contributed by atoms with Gasteiger partial charge in [-0.1, -0.05) is 13.8 Å². The summed E-state index contributed by atoms with van der Waals surface area (Å²) in [4.78, 5) is 8.75. The fourth-order valence-corrected chi connectivity index (χ4v) is 5.81. The quantitative estimate of drug-likeness (QED) is 0.432. The van der Waals surface area contributed by atoms with Crippen molar-refractivity contribution in [1.29, 1.82) is 0 Å². The third kappa shape index (κ3) is 5.74. The summed E-state index contributed by atoms with van der Waals surface area (Å²) in [6, 6.07) is 13.7. The van der Waals surface area contributed by atoms with Crippen molar-refractivity contribution in [2.45, 2.75) is 38.6 Å². The van der Waals surface area contributed by atoms with Gasteiger partial charge in [0.25, 0.3) is 0 Å². The smallest absolute Gasteiger partial charge is 0.161 e. The molecule has 0 atom stereocenters. The molecule has 0 spiro atoms. The lowest BCUT2D eigenvalue weighted by Crippen LogP contribution is -2.46. The van der Waals surface area contributed by atoms with Crippen LogP contribution in [0.3, 0.4) is 0 Å². The van der Waals surface area contributed by atoms with Crippen LogP contribution >= 0.6 is 0 Å². The Morgan fingerprint density at radius 2 is 1.73 bits per heavy atom. The molecule has 2 saturated heterocycles. The third-order valence-corrected chi connectivity index (χ3v) is 7.90. The number of aromatic amines is 1. The molecule has 0 unspecified atom stereocenters. The van der Waals surface area contributed by atoms with Gasteiger partial charge in [-0.15, -0.1) is 0 Å². The molecule has 0 radical (unpaired) electrons. The van der Waals surface area contributed by atoms with Gasteiger partial charge in [0, 0.05) is 67.5 Å². The Hall–Kier alpha value is -2.74. The van der Waals surface area contributed by atoms with Crippen molar-refractivity contribution in [2.24, 2.45) is 0 Å². The van der Waals surface area contributed by atoms with E-state index in [4.69, 9.17) is 14.2 Å². The minimum atomic E-state index is 0.383. The summed E-state index contributed by atoms with van der Waals surface area (Å²) in [5.74, 6) is 1.87. The molecule has 37 heavy (non-hydrogen) atoms. The van der Waals surface area contributed by atoms with E-state index in [1.54, 1.807) is 14.2 Å². The van der Waals surface area contributed by atoms with E-state index in [0.717, 1.165) is 75.2 Å². The van der Waals surface area contributed by atoms with E-state index in [2.05, 4.69) is 64.3 Å². The Kier molecular flexibility index (Phi) is 8.23. The Morgan fingerprint density at radius 3 is 2.43 bits per heavy atom. The van der Waals surface area contributed by atoms with Crippen molar-refractivity contribution in [3.05, 3.63) is 42.0 Å². The van der Waals surface area contributed by atoms with Crippen LogP contribution in [-0.2, 0) is 4.74 Å². The van der Waals surface area contributed by atoms with Crippen molar-refractivity contribution >= 4 is 16.6 Å². The molecule has 0 aliphatic carbocycles. The molecule has 5 rings (SSSR count). The monoisotopic (exact) mass is 506 g/mol. The molecular weight excluding hydrogens is 464 g/mol. The highest BCUT2D eigenvalue weighted by Crippen LogP contribution is 2.40. The van der Waals surface area contributed by atoms with Gasteiger partial charge in [0.2, 0.25) is 0 Å². The highest BCUT2D eigenvalue weighted by atomic mass is 16.5. The lowest BCUT2D eigenvalue weighted by atomic mass is 9.95. The zero-order chi connectivity index (χ0) is 25.8. The number of nitrogens with zero attached hydrogens (tertiary/aromatic N) is 2. The number of fused-ring (bicyclic) bond motifs is 1. The van der Waals surface area contributed by atoms with Gasteiger partial charge in [0.05, 0.1) is 33.1 Å². The maximum absolute atomic E-state index is 5.58. The number of H-pyrrole nitrogens is 1. The van der Waals surface area contributed by atoms with Gasteiger partial charge >= 0.3 is 0 Å². The highest BCUT2D eigenvalue weighted by molar-refractivity contribution is 5.93. The van der Waals surface area contributed by atoms with Crippen LogP contribution in [0.4, 0.5) is 5.69 Å². The number of aromatic nitrogens is 1. The predicted octanol–water partition coefficient (Wildman–Crippen LogP) is 4.87. The van der Waals surface area contributed by atoms with Gasteiger partial charge in [0.1, 0.15) is 0 Å². The van der Waals surface area contributed by atoms with Gasteiger partial charge in [-0.05, 0) is 60.7 Å². The Morgan fingerprint density at radius 1 is 0.973 bits per heavy atom. The van der Waals surface area contributed by atoms with Gasteiger partial charge in [-0.2, -0.15) is 0 Å². The number of ether oxygens (including phenoxy) is 3. The fraction of sp³-hybridized carbons (Fsp3) is 0.533. The first-order valence-corrected chi connectivity index (χ1v) is 13.7. The first kappa shape index (κ1) is 25.9. The van der Waals surface area contributed by atoms with E-state index in [0.29, 0.717) is 12.0 Å². The number of hydrogen-bond acceptors (Lipinski definition) is 6. The van der Waals surface area contributed by atoms with Gasteiger partial charge < -0.3 is 29.4 Å². The second-order valence-corrected chi connectivity index (χ2v) is 10.5. The van der Waals surface area contributed by atoms with Gasteiger partial charge in [-0.3, -0.25) is 4.90 Å². The van der Waals surface area contributed by atoms with Crippen LogP contribution in [0.25, 0.3) is 22.2 Å². The second-order valence-electron chi connectivity index (χ2n) is 10.5. The van der Waals surface area contributed by atoms with Crippen molar-refractivity contribution in [2.75, 3.05) is 71.6 Å². The van der Waals surface area contributed by atoms with E-state index in [-0.39, 0.29) is 0 Å². The van der Waals surface area contributed by atoms with E-state index < -0.39 is 0 Å². The molecule has 3 heterocycles. The number of morpholine rings is 1. The average molecular weight is 507 g/mol. The Bertz CT molecular complexity index is 1180. The Labute approximate surface area is 221 Å². The van der Waals surface area contributed by atoms with Crippen molar-refractivity contribution in [3.63, 3.8) is 0 Å². The highest BCUT2D eigenvalue weighted by Gasteiger charge is 2.22. The first-order valence-electron chi connectivity index (χ1n) is 13.7. The first-order chi connectivity index (χ1) is 18.1. The minimum Gasteiger partial charge on any atom is -0.493 e. The number of hydrogen-bond donors (Lipinski definition) is 2. The normalized spacial score (nSPS) is 17.6. The number of methoxy groups -OCH3 is 2. The average Bonchev–Trinajstić information content (AvgIpc) is 3.33. The number of nitrogens with one attached hydrogen (secondary N) is 2. The summed E-state index contributed by atoms with van der Waals surface area (Å²) in [7, 11) is 3.36. The van der Waals surface area contributed by atoms with Crippen LogP contribution in [-0.4, -0.2) is 82.6 Å². The van der Waals surface area contributed by atoms with E-state index in [9.17, 15) is 0 Å². The van der Waals surface area contributed by atoms with Gasteiger partial charge in [-0.25, -0.2) is 0 Å². The zero-order valence-corrected chi connectivity index (χ0v) is 22.8. The number of rotatable bonds is 9. The Balaban J connectivity index is 1.29. The third-order valence-electron chi connectivity index (χ3n) is 7.90. The molecule has 0 amide bonds. The van der Waals surface area contributed by atoms with Crippen molar-refractivity contribution in [1.82, 2.24) is 15.2 Å². The largest absolute Gasteiger partial charge is 0.493 e. The second kappa shape index (κ2) is 11.8. The molecule has 2 aliphatic rings. The molecule has 0 saturated carbocycles. The lowest BCUT2D eigenvalue weighted by molar-refractivity contribution is 0.0380. The lowest BCUT2D eigenvalue weighted by Gasteiger charge is -2.35. The number of piperidine rings is 1. The van der Waals surface area contributed by atoms with Crippen LogP contribution in [0.2, 0.25) is 0 Å². The zero-order valence-electron chi connectivity index (χ0n) is 22.8. The summed E-state index contributed by atoms with van der Waals surface area (Å²) >= 11 is 0. The van der Waals surface area contributed by atoms with Gasteiger partial charge in [0.15, 0.2) is 11.5 Å². The molecule has 2 fully saturated rings. The van der Waals surface area contributed by atoms with Crippen LogP contribution in [0, 0.1) is 0 Å². The number of anilines is 1. The fourth-order valence-electron chi connectivity index (χ4n) is 5.81. The summed E-state index contributed by atoms with van der Waals surface area (Å²) < 4.78 is 16.5. The van der Waals surface area contributed by atoms with E-state index in [1.165, 1.54) is 35.0 Å². The molecule has 2 aliphatic heterocycles. The standard InChI is InChI=1S/C30H42N4O3/c1-21(2)29-25-20-24(34-12-9-23(10-13-34)31-11-14-33-15-17-37-18-16-33)6-7-26(25)32-30(29)22-5-8-27(35-3)28(19-22)36-4/h5-8,19-21,23,31-32H,9-18H2,1-4H3. The summed E-state index contributed by atoms with van der Waals surface area (Å²) in [5, 5.41) is 5.11. The maximum Gasteiger partial charge on any atom is 0.161 e. The SMILES string of the molecule is COc1ccc(-c2[nH]c3ccc(N4CCC(NCCN5CCOCC5)CC4)cc3c2C(C)C)cc1OC. The minimum absolute atomic E-state index is 0.383. The predicted molar refractivity (Wildman–Crippen MR) is 151 cm³/mol. The molecule has 7 heteroatoms. The van der Waals surface area contributed by atoms with Crippen LogP contribution < -0.4 is 19.7 Å². The van der Waals surface area contributed by atoms with Crippen molar-refractivity contribution in [3.8, 4) is 22.8 Å². The van der Waals surface area contributed by atoms with E-state index >= 15 is 0 Å². The summed E-state index contributed by atoms with van der Waals surface area (Å²) in [5.41, 5.74) is 6.12. The summed E-state index contributed by atoms with van der Waals surface area (Å²) in [6.07, 6.45) is 2.37. The molecular formula is C30H42N4O3. The molecule has 7 nitrogen and oxygen atoms in total. The molecule has 1 aromatic heterocycles. The molecule has 2 N–H and O–H groups in total. The van der Waals surface area contributed by atoms with Crippen LogP contribution in [0.1, 0.15) is 38.2 Å². The molecule has 3 aromatic rings. The van der Waals surface area contributed by atoms with E-state index in [1.807, 2.05) is 6.07 Å². The maximum atomic E-state index is 5.58.